The zero-order chi connectivity index (χ0) is 11.1. The lowest BCUT2D eigenvalue weighted by Gasteiger charge is -1.99. The standard InChI is InChI=1S/C7H7NO.C4H9NO/c8-7(9)6-4-2-1-3-5-6;6-5-3-1-2-4-5/h1-5H,(H2,8,9);6H,1-4H2. The molecule has 4 heteroatoms. The number of hydrogen-bond donors (Lipinski definition) is 2. The van der Waals surface area contributed by atoms with E-state index < -0.39 is 0 Å². The van der Waals surface area contributed by atoms with Gasteiger partial charge in [-0.05, 0) is 25.0 Å². The highest BCUT2D eigenvalue weighted by Crippen LogP contribution is 2.01. The summed E-state index contributed by atoms with van der Waals surface area (Å²) in [7, 11) is 0. The van der Waals surface area contributed by atoms with E-state index in [4.69, 9.17) is 10.9 Å². The first-order valence-electron chi connectivity index (χ1n) is 4.99. The van der Waals surface area contributed by atoms with Crippen LogP contribution < -0.4 is 5.73 Å². The monoisotopic (exact) mass is 208 g/mol. The molecule has 0 radical (unpaired) electrons. The van der Waals surface area contributed by atoms with E-state index in [1.165, 1.54) is 5.06 Å². The summed E-state index contributed by atoms with van der Waals surface area (Å²) in [5.74, 6) is -0.379. The van der Waals surface area contributed by atoms with Gasteiger partial charge >= 0.3 is 0 Å². The van der Waals surface area contributed by atoms with Crippen molar-refractivity contribution in [2.45, 2.75) is 12.8 Å². The van der Waals surface area contributed by atoms with Gasteiger partial charge in [-0.1, -0.05) is 18.2 Å². The van der Waals surface area contributed by atoms with Crippen LogP contribution in [0.5, 0.6) is 0 Å². The molecule has 1 aliphatic heterocycles. The van der Waals surface area contributed by atoms with Crippen LogP contribution in [0.15, 0.2) is 30.3 Å². The van der Waals surface area contributed by atoms with Crippen molar-refractivity contribution in [1.29, 1.82) is 0 Å². The number of carbonyl (C=O) groups is 1. The number of amides is 1. The van der Waals surface area contributed by atoms with Crippen molar-refractivity contribution in [2.24, 2.45) is 5.73 Å². The van der Waals surface area contributed by atoms with Crippen LogP contribution in [-0.2, 0) is 0 Å². The van der Waals surface area contributed by atoms with Crippen LogP contribution in [0.25, 0.3) is 0 Å². The molecule has 0 saturated carbocycles. The van der Waals surface area contributed by atoms with Gasteiger partial charge in [-0.3, -0.25) is 4.79 Å². The maximum atomic E-state index is 10.4. The van der Waals surface area contributed by atoms with E-state index in [1.54, 1.807) is 24.3 Å². The Balaban J connectivity index is 0.000000162. The van der Waals surface area contributed by atoms with Crippen LogP contribution in [0.1, 0.15) is 23.2 Å². The Morgan fingerprint density at radius 1 is 1.20 bits per heavy atom. The van der Waals surface area contributed by atoms with Crippen molar-refractivity contribution in [3.05, 3.63) is 35.9 Å². The van der Waals surface area contributed by atoms with Crippen LogP contribution in [-0.4, -0.2) is 29.3 Å². The molecule has 1 aromatic rings. The van der Waals surface area contributed by atoms with Crippen LogP contribution in [0.4, 0.5) is 0 Å². The van der Waals surface area contributed by atoms with Gasteiger partial charge in [-0.2, -0.15) is 5.06 Å². The fourth-order valence-electron chi connectivity index (χ4n) is 1.30. The summed E-state index contributed by atoms with van der Waals surface area (Å²) in [6, 6.07) is 8.76. The average molecular weight is 208 g/mol. The maximum absolute atomic E-state index is 10.4. The molecule has 1 fully saturated rings. The average Bonchev–Trinajstić information content (AvgIpc) is 2.71. The third kappa shape index (κ3) is 4.58. The van der Waals surface area contributed by atoms with Gasteiger partial charge < -0.3 is 10.9 Å². The highest BCUT2D eigenvalue weighted by Gasteiger charge is 2.05. The van der Waals surface area contributed by atoms with Gasteiger partial charge in [0.1, 0.15) is 0 Å². The number of hydrogen-bond acceptors (Lipinski definition) is 3. The Morgan fingerprint density at radius 3 is 2.00 bits per heavy atom. The fraction of sp³-hybridized carbons (Fsp3) is 0.364. The zero-order valence-electron chi connectivity index (χ0n) is 8.60. The molecular weight excluding hydrogens is 192 g/mol. The van der Waals surface area contributed by atoms with Crippen molar-refractivity contribution in [1.82, 2.24) is 5.06 Å². The lowest BCUT2D eigenvalue weighted by Crippen LogP contribution is -2.11. The Labute approximate surface area is 89.3 Å². The zero-order valence-corrected chi connectivity index (χ0v) is 8.60. The minimum Gasteiger partial charge on any atom is -0.366 e. The predicted molar refractivity (Wildman–Crippen MR) is 57.6 cm³/mol. The number of hydroxylamine groups is 2. The fourth-order valence-corrected chi connectivity index (χ4v) is 1.30. The van der Waals surface area contributed by atoms with E-state index in [9.17, 15) is 4.79 Å². The number of carbonyl (C=O) groups excluding carboxylic acids is 1. The second kappa shape index (κ2) is 6.16. The molecule has 1 aromatic carbocycles. The Morgan fingerprint density at radius 2 is 1.73 bits per heavy atom. The predicted octanol–water partition coefficient (Wildman–Crippen LogP) is 1.26. The molecule has 0 aromatic heterocycles. The lowest BCUT2D eigenvalue weighted by molar-refractivity contribution is -0.0678. The largest absolute Gasteiger partial charge is 0.366 e. The molecular formula is C11H16N2O2. The molecule has 2 rings (SSSR count). The summed E-state index contributed by atoms with van der Waals surface area (Å²) in [6.45, 7) is 1.75. The van der Waals surface area contributed by atoms with E-state index in [0.717, 1.165) is 25.9 Å². The minimum atomic E-state index is -0.379. The number of primary amides is 1. The van der Waals surface area contributed by atoms with Crippen molar-refractivity contribution in [3.8, 4) is 0 Å². The summed E-state index contributed by atoms with van der Waals surface area (Å²) < 4.78 is 0. The summed E-state index contributed by atoms with van der Waals surface area (Å²) in [5.41, 5.74) is 5.53. The topological polar surface area (TPSA) is 66.6 Å². The molecule has 4 nitrogen and oxygen atoms in total. The number of nitrogens with zero attached hydrogens (tertiary/aromatic N) is 1. The molecule has 1 aliphatic rings. The van der Waals surface area contributed by atoms with Crippen molar-refractivity contribution >= 4 is 5.91 Å². The Kier molecular flexibility index (Phi) is 4.80. The van der Waals surface area contributed by atoms with Crippen molar-refractivity contribution in [3.63, 3.8) is 0 Å². The Bertz CT molecular complexity index is 295. The molecule has 1 amide bonds. The molecule has 0 spiro atoms. The molecule has 82 valence electrons. The van der Waals surface area contributed by atoms with Crippen LogP contribution in [0.2, 0.25) is 0 Å². The van der Waals surface area contributed by atoms with E-state index in [2.05, 4.69) is 0 Å². The molecule has 0 atom stereocenters. The van der Waals surface area contributed by atoms with Crippen molar-refractivity contribution < 1.29 is 10.0 Å². The second-order valence-electron chi connectivity index (χ2n) is 3.39. The first-order chi connectivity index (χ1) is 7.20. The second-order valence-corrected chi connectivity index (χ2v) is 3.39. The van der Waals surface area contributed by atoms with E-state index in [1.807, 2.05) is 6.07 Å². The van der Waals surface area contributed by atoms with Crippen LogP contribution in [0.3, 0.4) is 0 Å². The van der Waals surface area contributed by atoms with Gasteiger partial charge in [0.25, 0.3) is 0 Å². The first-order valence-corrected chi connectivity index (χ1v) is 4.99. The summed E-state index contributed by atoms with van der Waals surface area (Å²) in [4.78, 5) is 10.4. The maximum Gasteiger partial charge on any atom is 0.248 e. The molecule has 15 heavy (non-hydrogen) atoms. The van der Waals surface area contributed by atoms with E-state index in [-0.39, 0.29) is 5.91 Å². The number of nitrogens with two attached hydrogens (primary N) is 1. The van der Waals surface area contributed by atoms with Gasteiger partial charge in [0.2, 0.25) is 5.91 Å². The third-order valence-electron chi connectivity index (χ3n) is 2.14. The van der Waals surface area contributed by atoms with Gasteiger partial charge in [0, 0.05) is 18.7 Å². The number of benzene rings is 1. The normalized spacial score (nSPS) is 15.5. The molecule has 3 N–H and O–H groups in total. The Hall–Kier alpha value is -1.39. The molecule has 0 unspecified atom stereocenters. The summed E-state index contributed by atoms with van der Waals surface area (Å²) >= 11 is 0. The minimum absolute atomic E-state index is 0.379. The van der Waals surface area contributed by atoms with Gasteiger partial charge in [-0.15, -0.1) is 0 Å². The first kappa shape index (κ1) is 11.7. The SMILES string of the molecule is NC(=O)c1ccccc1.ON1CCCC1. The van der Waals surface area contributed by atoms with Gasteiger partial charge in [0.15, 0.2) is 0 Å². The van der Waals surface area contributed by atoms with E-state index in [0.29, 0.717) is 5.56 Å². The highest BCUT2D eigenvalue weighted by atomic mass is 16.5. The quantitative estimate of drug-likeness (QED) is 0.730. The molecule has 1 saturated heterocycles. The van der Waals surface area contributed by atoms with Crippen LogP contribution in [0, 0.1) is 0 Å². The van der Waals surface area contributed by atoms with Gasteiger partial charge in [0.05, 0.1) is 0 Å². The third-order valence-corrected chi connectivity index (χ3v) is 2.14. The summed E-state index contributed by atoms with van der Waals surface area (Å²) in [5, 5.41) is 9.92. The highest BCUT2D eigenvalue weighted by molar-refractivity contribution is 5.92. The molecule has 0 aliphatic carbocycles. The van der Waals surface area contributed by atoms with E-state index >= 15 is 0 Å². The smallest absolute Gasteiger partial charge is 0.248 e. The van der Waals surface area contributed by atoms with Crippen LogP contribution >= 0.6 is 0 Å². The number of rotatable bonds is 1. The summed E-state index contributed by atoms with van der Waals surface area (Å²) in [6.07, 6.45) is 2.33. The molecule has 0 bridgehead atoms. The van der Waals surface area contributed by atoms with Crippen molar-refractivity contribution in [2.75, 3.05) is 13.1 Å². The van der Waals surface area contributed by atoms with Gasteiger partial charge in [-0.25, -0.2) is 0 Å². The lowest BCUT2D eigenvalue weighted by atomic mass is 10.2. The molecule has 1 heterocycles.